The summed E-state index contributed by atoms with van der Waals surface area (Å²) in [6, 6.07) is -1.11. The van der Waals surface area contributed by atoms with E-state index < -0.39 is 12.0 Å². The lowest BCUT2D eigenvalue weighted by molar-refractivity contribution is -0.140. The van der Waals surface area contributed by atoms with Crippen molar-refractivity contribution in [3.8, 4) is 0 Å². The third-order valence-electron chi connectivity index (χ3n) is 1.05. The minimum absolute atomic E-state index is 0.178. The number of carbonyl (C=O) groups is 2. The van der Waals surface area contributed by atoms with Crippen molar-refractivity contribution in [2.24, 2.45) is 5.73 Å². The second-order valence-corrected chi connectivity index (χ2v) is 3.18. The number of nitrogens with two attached hydrogens (primary N) is 1. The van der Waals surface area contributed by atoms with Gasteiger partial charge in [-0.15, -0.1) is 0 Å². The standard InChI is InChI=1S/C6H12N2O3S/c1-2-12-8-5(9)3-4(7)6(10)11/h4H,2-3,7H2,1H3,(H,8,9)(H,10,11). The Balaban J connectivity index is 3.61. The van der Waals surface area contributed by atoms with Crippen LogP contribution in [0.3, 0.4) is 0 Å². The molecule has 0 saturated carbocycles. The fourth-order valence-electron chi connectivity index (χ4n) is 0.481. The minimum atomic E-state index is -1.16. The maximum atomic E-state index is 10.8. The van der Waals surface area contributed by atoms with Gasteiger partial charge in [-0.25, -0.2) is 0 Å². The first-order chi connectivity index (χ1) is 5.57. The molecule has 6 heteroatoms. The molecule has 12 heavy (non-hydrogen) atoms. The number of aliphatic carboxylic acids is 1. The van der Waals surface area contributed by atoms with Crippen LogP contribution >= 0.6 is 11.9 Å². The third kappa shape index (κ3) is 4.97. The number of amides is 1. The first kappa shape index (κ1) is 11.2. The Kier molecular flexibility index (Phi) is 5.48. The van der Waals surface area contributed by atoms with Crippen molar-refractivity contribution in [1.29, 1.82) is 0 Å². The average molecular weight is 192 g/mol. The summed E-state index contributed by atoms with van der Waals surface area (Å²) in [7, 11) is 0. The molecule has 1 atom stereocenters. The van der Waals surface area contributed by atoms with Gasteiger partial charge in [0.15, 0.2) is 0 Å². The Morgan fingerprint density at radius 2 is 2.25 bits per heavy atom. The molecule has 0 aromatic heterocycles. The van der Waals surface area contributed by atoms with E-state index in [4.69, 9.17) is 10.8 Å². The maximum absolute atomic E-state index is 10.8. The summed E-state index contributed by atoms with van der Waals surface area (Å²) in [5.41, 5.74) is 5.12. The van der Waals surface area contributed by atoms with Crippen LogP contribution in [0.15, 0.2) is 0 Å². The van der Waals surface area contributed by atoms with Gasteiger partial charge < -0.3 is 15.6 Å². The van der Waals surface area contributed by atoms with Crippen LogP contribution in [0.1, 0.15) is 13.3 Å². The zero-order valence-corrected chi connectivity index (χ0v) is 7.56. The van der Waals surface area contributed by atoms with Gasteiger partial charge in [0.25, 0.3) is 0 Å². The van der Waals surface area contributed by atoms with Gasteiger partial charge >= 0.3 is 5.97 Å². The van der Waals surface area contributed by atoms with Crippen LogP contribution in [0.4, 0.5) is 0 Å². The van der Waals surface area contributed by atoms with Gasteiger partial charge in [0.2, 0.25) is 5.91 Å². The van der Waals surface area contributed by atoms with Gasteiger partial charge in [0, 0.05) is 5.75 Å². The third-order valence-corrected chi connectivity index (χ3v) is 1.71. The first-order valence-electron chi connectivity index (χ1n) is 3.47. The smallest absolute Gasteiger partial charge is 0.321 e. The second-order valence-electron chi connectivity index (χ2n) is 2.11. The Hall–Kier alpha value is -0.750. The highest BCUT2D eigenvalue weighted by atomic mass is 32.2. The number of carboxylic acids is 1. The van der Waals surface area contributed by atoms with Gasteiger partial charge in [0.1, 0.15) is 6.04 Å². The molecule has 0 bridgehead atoms. The summed E-state index contributed by atoms with van der Waals surface area (Å²) in [5, 5.41) is 8.34. The zero-order valence-electron chi connectivity index (χ0n) is 6.74. The number of nitrogens with one attached hydrogen (secondary N) is 1. The van der Waals surface area contributed by atoms with Crippen LogP contribution < -0.4 is 10.5 Å². The zero-order chi connectivity index (χ0) is 9.56. The number of hydrogen-bond acceptors (Lipinski definition) is 4. The first-order valence-corrected chi connectivity index (χ1v) is 4.45. The van der Waals surface area contributed by atoms with Crippen LogP contribution in [-0.2, 0) is 9.59 Å². The highest BCUT2D eigenvalue weighted by Gasteiger charge is 2.15. The Labute approximate surface area is 74.8 Å². The second kappa shape index (κ2) is 5.84. The molecule has 0 spiro atoms. The van der Waals surface area contributed by atoms with E-state index in [1.165, 1.54) is 11.9 Å². The van der Waals surface area contributed by atoms with Crippen LogP contribution in [0.5, 0.6) is 0 Å². The summed E-state index contributed by atoms with van der Waals surface area (Å²) in [4.78, 5) is 21.0. The molecule has 1 unspecified atom stereocenters. The summed E-state index contributed by atoms with van der Waals surface area (Å²) >= 11 is 1.22. The lowest BCUT2D eigenvalue weighted by Crippen LogP contribution is -2.35. The number of carboxylic acid groups (broad SMARTS) is 1. The molecular weight excluding hydrogens is 180 g/mol. The fourth-order valence-corrected chi connectivity index (χ4v) is 0.870. The van der Waals surface area contributed by atoms with E-state index in [1.54, 1.807) is 0 Å². The van der Waals surface area contributed by atoms with Crippen molar-refractivity contribution in [2.45, 2.75) is 19.4 Å². The summed E-state index contributed by atoms with van der Waals surface area (Å²) in [6.07, 6.45) is -0.178. The summed E-state index contributed by atoms with van der Waals surface area (Å²) < 4.78 is 2.45. The van der Waals surface area contributed by atoms with E-state index in [0.717, 1.165) is 5.75 Å². The monoisotopic (exact) mass is 192 g/mol. The predicted molar refractivity (Wildman–Crippen MR) is 46.5 cm³/mol. The van der Waals surface area contributed by atoms with E-state index in [2.05, 4.69) is 4.72 Å². The molecule has 0 saturated heterocycles. The molecule has 1 amide bonds. The Bertz CT molecular complexity index is 174. The molecule has 0 aliphatic rings. The van der Waals surface area contributed by atoms with Gasteiger partial charge in [-0.05, 0) is 0 Å². The largest absolute Gasteiger partial charge is 0.480 e. The highest BCUT2D eigenvalue weighted by Crippen LogP contribution is 1.94. The summed E-state index contributed by atoms with van der Waals surface area (Å²) in [6.45, 7) is 1.88. The van der Waals surface area contributed by atoms with Gasteiger partial charge in [-0.3, -0.25) is 9.59 Å². The van der Waals surface area contributed by atoms with Crippen molar-refractivity contribution >= 4 is 23.8 Å². The lowest BCUT2D eigenvalue weighted by atomic mass is 10.2. The number of carbonyl (C=O) groups excluding carboxylic acids is 1. The molecule has 4 N–H and O–H groups in total. The van der Waals surface area contributed by atoms with Gasteiger partial charge in [-0.1, -0.05) is 18.9 Å². The van der Waals surface area contributed by atoms with E-state index in [9.17, 15) is 9.59 Å². The molecule has 0 aliphatic heterocycles. The normalized spacial score (nSPS) is 12.2. The van der Waals surface area contributed by atoms with Crippen molar-refractivity contribution in [2.75, 3.05) is 5.75 Å². The molecule has 0 rings (SSSR count). The number of rotatable bonds is 5. The highest BCUT2D eigenvalue weighted by molar-refractivity contribution is 7.97. The molecular formula is C6H12N2O3S. The molecule has 0 fully saturated rings. The van der Waals surface area contributed by atoms with Crippen LogP contribution in [0.25, 0.3) is 0 Å². The Morgan fingerprint density at radius 3 is 2.67 bits per heavy atom. The maximum Gasteiger partial charge on any atom is 0.321 e. The summed E-state index contributed by atoms with van der Waals surface area (Å²) in [5.74, 6) is -0.767. The number of hydrogen-bond donors (Lipinski definition) is 3. The minimum Gasteiger partial charge on any atom is -0.480 e. The molecule has 70 valence electrons. The van der Waals surface area contributed by atoms with E-state index >= 15 is 0 Å². The van der Waals surface area contributed by atoms with E-state index in [-0.39, 0.29) is 12.3 Å². The molecule has 0 aliphatic carbocycles. The molecule has 5 nitrogen and oxygen atoms in total. The van der Waals surface area contributed by atoms with Crippen molar-refractivity contribution in [1.82, 2.24) is 4.72 Å². The van der Waals surface area contributed by atoms with Crippen LogP contribution in [-0.4, -0.2) is 28.8 Å². The molecule has 0 aromatic rings. The van der Waals surface area contributed by atoms with E-state index in [0.29, 0.717) is 0 Å². The average Bonchev–Trinajstić information content (AvgIpc) is 2.00. The molecule has 0 heterocycles. The van der Waals surface area contributed by atoms with Gasteiger partial charge in [0.05, 0.1) is 6.42 Å². The molecule has 0 radical (unpaired) electrons. The van der Waals surface area contributed by atoms with Crippen molar-refractivity contribution in [3.05, 3.63) is 0 Å². The van der Waals surface area contributed by atoms with Crippen molar-refractivity contribution < 1.29 is 14.7 Å². The quantitative estimate of drug-likeness (QED) is 0.514. The topological polar surface area (TPSA) is 92.4 Å². The molecule has 0 aromatic carbocycles. The predicted octanol–water partition coefficient (Wildman–Crippen LogP) is -0.427. The lowest BCUT2D eigenvalue weighted by Gasteiger charge is -2.05. The van der Waals surface area contributed by atoms with Crippen LogP contribution in [0.2, 0.25) is 0 Å². The fraction of sp³-hybridized carbons (Fsp3) is 0.667. The Morgan fingerprint density at radius 1 is 1.67 bits per heavy atom. The van der Waals surface area contributed by atoms with Crippen molar-refractivity contribution in [3.63, 3.8) is 0 Å². The SMILES string of the molecule is CCSNC(=O)CC(N)C(=O)O. The van der Waals surface area contributed by atoms with E-state index in [1.807, 2.05) is 6.92 Å². The van der Waals surface area contributed by atoms with Crippen LogP contribution in [0, 0.1) is 0 Å². The van der Waals surface area contributed by atoms with Gasteiger partial charge in [-0.2, -0.15) is 0 Å².